The van der Waals surface area contributed by atoms with Crippen molar-refractivity contribution in [2.45, 2.75) is 6.92 Å². The highest BCUT2D eigenvalue weighted by molar-refractivity contribution is 7.22. The standard InChI is InChI=1S/C14H11FN2S/c1-8-3-2-4-10(15)13(8)9-5-6-11-12(7-9)18-14(16)17-11/h2-7H,1H3,(H2,16,17). The third kappa shape index (κ3) is 1.75. The highest BCUT2D eigenvalue weighted by atomic mass is 32.1. The van der Waals surface area contributed by atoms with Crippen molar-refractivity contribution in [2.24, 2.45) is 0 Å². The van der Waals surface area contributed by atoms with Crippen molar-refractivity contribution in [3.05, 3.63) is 47.8 Å². The summed E-state index contributed by atoms with van der Waals surface area (Å²) in [5, 5.41) is 0.535. The molecule has 0 amide bonds. The lowest BCUT2D eigenvalue weighted by molar-refractivity contribution is 0.630. The number of rotatable bonds is 1. The lowest BCUT2D eigenvalue weighted by Gasteiger charge is -2.07. The summed E-state index contributed by atoms with van der Waals surface area (Å²) in [6.07, 6.45) is 0. The van der Waals surface area contributed by atoms with Gasteiger partial charge in [0.05, 0.1) is 10.2 Å². The lowest BCUT2D eigenvalue weighted by atomic mass is 10.00. The molecule has 1 heterocycles. The van der Waals surface area contributed by atoms with Crippen molar-refractivity contribution >= 4 is 26.7 Å². The molecule has 2 N–H and O–H groups in total. The van der Waals surface area contributed by atoms with Gasteiger partial charge >= 0.3 is 0 Å². The van der Waals surface area contributed by atoms with Crippen LogP contribution in [0.2, 0.25) is 0 Å². The molecule has 18 heavy (non-hydrogen) atoms. The number of nitrogen functional groups attached to an aromatic ring is 1. The van der Waals surface area contributed by atoms with E-state index in [4.69, 9.17) is 5.73 Å². The van der Waals surface area contributed by atoms with Crippen LogP contribution in [0.3, 0.4) is 0 Å². The summed E-state index contributed by atoms with van der Waals surface area (Å²) in [6.45, 7) is 1.91. The zero-order valence-corrected chi connectivity index (χ0v) is 10.6. The number of anilines is 1. The molecule has 0 aliphatic heterocycles. The van der Waals surface area contributed by atoms with Gasteiger partial charge in [0.1, 0.15) is 5.82 Å². The van der Waals surface area contributed by atoms with Gasteiger partial charge in [-0.05, 0) is 36.2 Å². The summed E-state index contributed by atoms with van der Waals surface area (Å²) in [5.41, 5.74) is 8.96. The van der Waals surface area contributed by atoms with E-state index in [1.807, 2.05) is 31.2 Å². The summed E-state index contributed by atoms with van der Waals surface area (Å²) in [6, 6.07) is 10.8. The maximum atomic E-state index is 13.9. The second kappa shape index (κ2) is 4.07. The third-order valence-electron chi connectivity index (χ3n) is 2.92. The number of hydrogen-bond donors (Lipinski definition) is 1. The van der Waals surface area contributed by atoms with Crippen molar-refractivity contribution in [3.63, 3.8) is 0 Å². The molecule has 0 aliphatic carbocycles. The second-order valence-electron chi connectivity index (χ2n) is 4.17. The normalized spacial score (nSPS) is 11.0. The van der Waals surface area contributed by atoms with E-state index in [9.17, 15) is 4.39 Å². The van der Waals surface area contributed by atoms with Crippen molar-refractivity contribution < 1.29 is 4.39 Å². The van der Waals surface area contributed by atoms with Gasteiger partial charge in [0.15, 0.2) is 5.13 Å². The number of benzene rings is 2. The summed E-state index contributed by atoms with van der Waals surface area (Å²) in [7, 11) is 0. The van der Waals surface area contributed by atoms with Crippen molar-refractivity contribution in [3.8, 4) is 11.1 Å². The van der Waals surface area contributed by atoms with Crippen LogP contribution in [0.15, 0.2) is 36.4 Å². The predicted molar refractivity (Wildman–Crippen MR) is 74.2 cm³/mol. The number of thiazole rings is 1. The van der Waals surface area contributed by atoms with Gasteiger partial charge in [-0.3, -0.25) is 0 Å². The Morgan fingerprint density at radius 1 is 1.22 bits per heavy atom. The van der Waals surface area contributed by atoms with E-state index in [-0.39, 0.29) is 5.82 Å². The number of nitrogens with two attached hydrogens (primary N) is 1. The molecule has 0 radical (unpaired) electrons. The van der Waals surface area contributed by atoms with Crippen LogP contribution < -0.4 is 5.73 Å². The summed E-state index contributed by atoms with van der Waals surface area (Å²) in [5.74, 6) is -0.202. The summed E-state index contributed by atoms with van der Waals surface area (Å²) < 4.78 is 14.9. The molecule has 4 heteroatoms. The topological polar surface area (TPSA) is 38.9 Å². The van der Waals surface area contributed by atoms with Crippen LogP contribution in [-0.2, 0) is 0 Å². The summed E-state index contributed by atoms with van der Waals surface area (Å²) in [4.78, 5) is 4.20. The molecule has 1 aromatic heterocycles. The van der Waals surface area contributed by atoms with E-state index in [0.717, 1.165) is 21.3 Å². The van der Waals surface area contributed by atoms with Crippen LogP contribution in [-0.4, -0.2) is 4.98 Å². The molecular weight excluding hydrogens is 247 g/mol. The number of nitrogens with zero attached hydrogens (tertiary/aromatic N) is 1. The Bertz CT molecular complexity index is 713. The van der Waals surface area contributed by atoms with Gasteiger partial charge in [-0.2, -0.15) is 0 Å². The average Bonchev–Trinajstić information content (AvgIpc) is 2.68. The van der Waals surface area contributed by atoms with Crippen LogP contribution >= 0.6 is 11.3 Å². The largest absolute Gasteiger partial charge is 0.375 e. The van der Waals surface area contributed by atoms with E-state index < -0.39 is 0 Å². The van der Waals surface area contributed by atoms with Crippen LogP contribution in [0.4, 0.5) is 9.52 Å². The Balaban J connectivity index is 2.25. The fourth-order valence-electron chi connectivity index (χ4n) is 2.10. The lowest BCUT2D eigenvalue weighted by Crippen LogP contribution is -1.88. The highest BCUT2D eigenvalue weighted by Gasteiger charge is 2.10. The Labute approximate surface area is 108 Å². The maximum absolute atomic E-state index is 13.9. The van der Waals surface area contributed by atoms with Crippen molar-refractivity contribution in [1.82, 2.24) is 4.98 Å². The zero-order chi connectivity index (χ0) is 12.7. The van der Waals surface area contributed by atoms with Gasteiger partial charge in [-0.15, -0.1) is 0 Å². The maximum Gasteiger partial charge on any atom is 0.181 e. The fraction of sp³-hybridized carbons (Fsp3) is 0.0714. The SMILES string of the molecule is Cc1cccc(F)c1-c1ccc2nc(N)sc2c1. The van der Waals surface area contributed by atoms with Crippen molar-refractivity contribution in [2.75, 3.05) is 5.73 Å². The molecule has 2 nitrogen and oxygen atoms in total. The molecule has 3 rings (SSSR count). The minimum Gasteiger partial charge on any atom is -0.375 e. The molecule has 3 aromatic rings. The van der Waals surface area contributed by atoms with Gasteiger partial charge in [0.2, 0.25) is 0 Å². The van der Waals surface area contributed by atoms with Gasteiger partial charge < -0.3 is 5.73 Å². The average molecular weight is 258 g/mol. The van der Waals surface area contributed by atoms with Gasteiger partial charge in [0, 0.05) is 5.56 Å². The number of aryl methyl sites for hydroxylation is 1. The van der Waals surface area contributed by atoms with Crippen LogP contribution in [0.25, 0.3) is 21.3 Å². The quantitative estimate of drug-likeness (QED) is 0.716. The van der Waals surface area contributed by atoms with Gasteiger partial charge in [-0.25, -0.2) is 9.37 Å². The molecule has 0 fully saturated rings. The minimum atomic E-state index is -0.202. The Morgan fingerprint density at radius 3 is 2.83 bits per heavy atom. The smallest absolute Gasteiger partial charge is 0.181 e. The molecule has 0 aliphatic rings. The number of halogens is 1. The van der Waals surface area contributed by atoms with E-state index in [1.54, 1.807) is 6.07 Å². The molecular formula is C14H11FN2S. The van der Waals surface area contributed by atoms with E-state index in [2.05, 4.69) is 4.98 Å². The van der Waals surface area contributed by atoms with E-state index >= 15 is 0 Å². The van der Waals surface area contributed by atoms with E-state index in [1.165, 1.54) is 17.4 Å². The van der Waals surface area contributed by atoms with Crippen LogP contribution in [0, 0.1) is 12.7 Å². The molecule has 0 saturated heterocycles. The zero-order valence-electron chi connectivity index (χ0n) is 9.77. The molecule has 0 bridgehead atoms. The van der Waals surface area contributed by atoms with Gasteiger partial charge in [-0.1, -0.05) is 29.5 Å². The first-order valence-corrected chi connectivity index (χ1v) is 6.38. The molecule has 0 unspecified atom stereocenters. The van der Waals surface area contributed by atoms with Gasteiger partial charge in [0.25, 0.3) is 0 Å². The molecule has 0 spiro atoms. The monoisotopic (exact) mass is 258 g/mol. The number of aromatic nitrogens is 1. The molecule has 2 aromatic carbocycles. The Kier molecular flexibility index (Phi) is 2.52. The second-order valence-corrected chi connectivity index (χ2v) is 5.23. The first kappa shape index (κ1) is 11.2. The van der Waals surface area contributed by atoms with Crippen LogP contribution in [0.1, 0.15) is 5.56 Å². The first-order valence-electron chi connectivity index (χ1n) is 5.57. The highest BCUT2D eigenvalue weighted by Crippen LogP contribution is 2.32. The fourth-order valence-corrected chi connectivity index (χ4v) is 2.87. The minimum absolute atomic E-state index is 0.202. The van der Waals surface area contributed by atoms with Crippen LogP contribution in [0.5, 0.6) is 0 Å². The summed E-state index contributed by atoms with van der Waals surface area (Å²) >= 11 is 1.42. The Morgan fingerprint density at radius 2 is 2.06 bits per heavy atom. The Hall–Kier alpha value is -1.94. The molecule has 90 valence electrons. The predicted octanol–water partition coefficient (Wildman–Crippen LogP) is 3.99. The molecule has 0 saturated carbocycles. The van der Waals surface area contributed by atoms with E-state index in [0.29, 0.717) is 10.7 Å². The first-order chi connectivity index (χ1) is 8.65. The van der Waals surface area contributed by atoms with Crippen molar-refractivity contribution in [1.29, 1.82) is 0 Å². The molecule has 0 atom stereocenters. The number of hydrogen-bond acceptors (Lipinski definition) is 3. The number of fused-ring (bicyclic) bond motifs is 1. The third-order valence-corrected chi connectivity index (χ3v) is 3.76.